The normalized spacial score (nSPS) is 17.9. The number of hydrogen-bond acceptors (Lipinski definition) is 5. The first-order valence-electron chi connectivity index (χ1n) is 5.97. The van der Waals surface area contributed by atoms with Crippen molar-refractivity contribution in [1.82, 2.24) is 9.29 Å². The molecule has 2 heterocycles. The fourth-order valence-corrected chi connectivity index (χ4v) is 3.08. The van der Waals surface area contributed by atoms with Gasteiger partial charge in [0.25, 0.3) is 0 Å². The van der Waals surface area contributed by atoms with Gasteiger partial charge in [-0.25, -0.2) is 13.4 Å². The monoisotopic (exact) mass is 270 g/mol. The lowest BCUT2D eigenvalue weighted by molar-refractivity contribution is 0.385. The smallest absolute Gasteiger partial charge is 0.213 e. The number of piperazine rings is 1. The van der Waals surface area contributed by atoms with Crippen molar-refractivity contribution in [3.05, 3.63) is 18.3 Å². The average Bonchev–Trinajstić information content (AvgIpc) is 2.40. The van der Waals surface area contributed by atoms with Crippen molar-refractivity contribution in [1.29, 1.82) is 0 Å². The summed E-state index contributed by atoms with van der Waals surface area (Å²) in [4.78, 5) is 6.16. The molecule has 100 valence electrons. The summed E-state index contributed by atoms with van der Waals surface area (Å²) < 4.78 is 25.0. The Hall–Kier alpha value is -1.34. The quantitative estimate of drug-likeness (QED) is 0.845. The largest absolute Gasteiger partial charge is 0.384 e. The van der Waals surface area contributed by atoms with E-state index < -0.39 is 10.0 Å². The van der Waals surface area contributed by atoms with Crippen molar-refractivity contribution in [2.45, 2.75) is 6.92 Å². The molecule has 2 N–H and O–H groups in total. The zero-order valence-corrected chi connectivity index (χ0v) is 11.2. The van der Waals surface area contributed by atoms with Crippen molar-refractivity contribution in [3.63, 3.8) is 0 Å². The van der Waals surface area contributed by atoms with Crippen LogP contribution >= 0.6 is 0 Å². The first kappa shape index (κ1) is 13.1. The number of aromatic nitrogens is 1. The van der Waals surface area contributed by atoms with E-state index in [1.165, 1.54) is 0 Å². The molecule has 1 saturated heterocycles. The van der Waals surface area contributed by atoms with Gasteiger partial charge in [-0.2, -0.15) is 4.31 Å². The summed E-state index contributed by atoms with van der Waals surface area (Å²) >= 11 is 0. The molecular weight excluding hydrogens is 252 g/mol. The fraction of sp³-hybridized carbons (Fsp3) is 0.545. The lowest BCUT2D eigenvalue weighted by atomic mass is 10.3. The van der Waals surface area contributed by atoms with E-state index in [0.717, 1.165) is 5.69 Å². The summed E-state index contributed by atoms with van der Waals surface area (Å²) in [6, 6.07) is 3.66. The number of pyridine rings is 1. The van der Waals surface area contributed by atoms with Gasteiger partial charge in [0.05, 0.1) is 17.6 Å². The fourth-order valence-electron chi connectivity index (χ4n) is 1.99. The van der Waals surface area contributed by atoms with Crippen molar-refractivity contribution >= 4 is 21.5 Å². The predicted molar refractivity (Wildman–Crippen MR) is 71.9 cm³/mol. The molecule has 0 aromatic carbocycles. The Morgan fingerprint density at radius 3 is 2.44 bits per heavy atom. The van der Waals surface area contributed by atoms with E-state index in [9.17, 15) is 8.42 Å². The van der Waals surface area contributed by atoms with Crippen LogP contribution in [0, 0.1) is 0 Å². The first-order chi connectivity index (χ1) is 8.53. The maximum absolute atomic E-state index is 11.7. The average molecular weight is 270 g/mol. The van der Waals surface area contributed by atoms with E-state index in [-0.39, 0.29) is 5.75 Å². The van der Waals surface area contributed by atoms with Crippen LogP contribution < -0.4 is 10.6 Å². The molecular formula is C11H18N4O2S. The standard InChI is InChI=1S/C11H18N4O2S/c1-2-18(16,17)15-7-5-14(6-8-15)10-3-4-11(12)13-9-10/h3-4,9H,2,5-8H2,1H3,(H2,12,13). The Kier molecular flexibility index (Phi) is 3.72. The van der Waals surface area contributed by atoms with Gasteiger partial charge in [-0.05, 0) is 19.1 Å². The van der Waals surface area contributed by atoms with Crippen LogP contribution in [0.25, 0.3) is 0 Å². The molecule has 1 aromatic rings. The number of hydrogen-bond donors (Lipinski definition) is 1. The second-order valence-corrected chi connectivity index (χ2v) is 6.49. The highest BCUT2D eigenvalue weighted by Crippen LogP contribution is 2.17. The molecule has 0 unspecified atom stereocenters. The molecule has 0 amide bonds. The minimum atomic E-state index is -3.06. The van der Waals surface area contributed by atoms with E-state index in [1.54, 1.807) is 23.5 Å². The Balaban J connectivity index is 2.01. The summed E-state index contributed by atoms with van der Waals surface area (Å²) in [6.07, 6.45) is 1.72. The number of nitrogen functional groups attached to an aromatic ring is 1. The zero-order valence-electron chi connectivity index (χ0n) is 10.4. The van der Waals surface area contributed by atoms with Gasteiger partial charge in [-0.3, -0.25) is 0 Å². The maximum Gasteiger partial charge on any atom is 0.213 e. The Bertz CT molecular complexity index is 492. The van der Waals surface area contributed by atoms with Crippen molar-refractivity contribution in [2.24, 2.45) is 0 Å². The topological polar surface area (TPSA) is 79.5 Å². The lowest BCUT2D eigenvalue weighted by Crippen LogP contribution is -2.49. The van der Waals surface area contributed by atoms with Crippen LogP contribution in [0.15, 0.2) is 18.3 Å². The van der Waals surface area contributed by atoms with Crippen molar-refractivity contribution in [3.8, 4) is 0 Å². The van der Waals surface area contributed by atoms with Crippen LogP contribution in [0.1, 0.15) is 6.92 Å². The molecule has 0 radical (unpaired) electrons. The summed E-state index contributed by atoms with van der Waals surface area (Å²) in [7, 11) is -3.06. The van der Waals surface area contributed by atoms with E-state index >= 15 is 0 Å². The lowest BCUT2D eigenvalue weighted by Gasteiger charge is -2.35. The molecule has 6 nitrogen and oxygen atoms in total. The van der Waals surface area contributed by atoms with E-state index in [0.29, 0.717) is 32.0 Å². The third kappa shape index (κ3) is 2.73. The molecule has 1 aliphatic heterocycles. The van der Waals surface area contributed by atoms with E-state index in [1.807, 2.05) is 6.07 Å². The molecule has 0 aliphatic carbocycles. The number of sulfonamides is 1. The van der Waals surface area contributed by atoms with Gasteiger partial charge in [-0.1, -0.05) is 0 Å². The van der Waals surface area contributed by atoms with Crippen LogP contribution in [-0.2, 0) is 10.0 Å². The first-order valence-corrected chi connectivity index (χ1v) is 7.58. The Morgan fingerprint density at radius 2 is 1.94 bits per heavy atom. The maximum atomic E-state index is 11.7. The van der Waals surface area contributed by atoms with E-state index in [4.69, 9.17) is 5.73 Å². The Labute approximate surface area is 107 Å². The van der Waals surface area contributed by atoms with Crippen molar-refractivity contribution < 1.29 is 8.42 Å². The highest BCUT2D eigenvalue weighted by molar-refractivity contribution is 7.89. The predicted octanol–water partition coefficient (Wildman–Crippen LogP) is 0.136. The summed E-state index contributed by atoms with van der Waals surface area (Å²) in [5.41, 5.74) is 6.52. The molecule has 1 aliphatic rings. The number of nitrogens with two attached hydrogens (primary N) is 1. The van der Waals surface area contributed by atoms with Gasteiger partial charge < -0.3 is 10.6 Å². The molecule has 1 aromatic heterocycles. The van der Waals surface area contributed by atoms with Crippen molar-refractivity contribution in [2.75, 3.05) is 42.6 Å². The zero-order chi connectivity index (χ0) is 13.2. The summed E-state index contributed by atoms with van der Waals surface area (Å²) in [5.74, 6) is 0.655. The van der Waals surface area contributed by atoms with Gasteiger partial charge in [0.1, 0.15) is 5.82 Å². The summed E-state index contributed by atoms with van der Waals surface area (Å²) in [6.45, 7) is 4.10. The third-order valence-corrected chi connectivity index (χ3v) is 5.01. The molecule has 0 bridgehead atoms. The van der Waals surface area contributed by atoms with Crippen LogP contribution in [0.4, 0.5) is 11.5 Å². The van der Waals surface area contributed by atoms with Crippen LogP contribution in [0.3, 0.4) is 0 Å². The molecule has 0 saturated carbocycles. The molecule has 0 atom stereocenters. The van der Waals surface area contributed by atoms with Gasteiger partial charge in [0.15, 0.2) is 0 Å². The van der Waals surface area contributed by atoms with Crippen LogP contribution in [-0.4, -0.2) is 49.6 Å². The number of anilines is 2. The number of nitrogens with zero attached hydrogens (tertiary/aromatic N) is 3. The van der Waals surface area contributed by atoms with Gasteiger partial charge in [-0.15, -0.1) is 0 Å². The minimum Gasteiger partial charge on any atom is -0.384 e. The second kappa shape index (κ2) is 5.11. The van der Waals surface area contributed by atoms with Crippen LogP contribution in [0.5, 0.6) is 0 Å². The van der Waals surface area contributed by atoms with E-state index in [2.05, 4.69) is 9.88 Å². The summed E-state index contributed by atoms with van der Waals surface area (Å²) in [5, 5.41) is 0. The minimum absolute atomic E-state index is 0.163. The van der Waals surface area contributed by atoms with Gasteiger partial charge in [0.2, 0.25) is 10.0 Å². The molecule has 1 fully saturated rings. The molecule has 2 rings (SSSR count). The third-order valence-electron chi connectivity index (χ3n) is 3.13. The van der Waals surface area contributed by atoms with Gasteiger partial charge >= 0.3 is 0 Å². The highest BCUT2D eigenvalue weighted by atomic mass is 32.2. The second-order valence-electron chi connectivity index (χ2n) is 4.23. The number of rotatable bonds is 3. The van der Waals surface area contributed by atoms with Gasteiger partial charge in [0, 0.05) is 26.2 Å². The Morgan fingerprint density at radius 1 is 1.28 bits per heavy atom. The SMILES string of the molecule is CCS(=O)(=O)N1CCN(c2ccc(N)nc2)CC1. The molecule has 7 heteroatoms. The molecule has 18 heavy (non-hydrogen) atoms. The highest BCUT2D eigenvalue weighted by Gasteiger charge is 2.25. The van der Waals surface area contributed by atoms with Crippen LogP contribution in [0.2, 0.25) is 0 Å². The molecule has 0 spiro atoms.